The van der Waals surface area contributed by atoms with Crippen molar-refractivity contribution in [3.63, 3.8) is 0 Å². The number of hydrogen-bond donors (Lipinski definition) is 1. The third kappa shape index (κ3) is 5.58. The fourth-order valence-corrected chi connectivity index (χ4v) is 1.84. The lowest BCUT2D eigenvalue weighted by molar-refractivity contribution is 0.0993. The number of hydrogen-bond acceptors (Lipinski definition) is 3. The summed E-state index contributed by atoms with van der Waals surface area (Å²) in [5.41, 5.74) is 0. The molecule has 1 aliphatic heterocycles. The van der Waals surface area contributed by atoms with Gasteiger partial charge in [-0.05, 0) is 38.6 Å². The van der Waals surface area contributed by atoms with Crippen molar-refractivity contribution in [3.8, 4) is 0 Å². The maximum Gasteiger partial charge on any atom is 0.0487 e. The minimum atomic E-state index is 0.762. The van der Waals surface area contributed by atoms with Crippen LogP contribution in [0.2, 0.25) is 0 Å². The summed E-state index contributed by atoms with van der Waals surface area (Å²) in [6.07, 6.45) is 6.16. The maximum absolute atomic E-state index is 5.49. The Balaban J connectivity index is 1.75. The van der Waals surface area contributed by atoms with Crippen LogP contribution in [0.5, 0.6) is 0 Å². The fraction of sp³-hybridized carbons (Fsp3) is 1.00. The van der Waals surface area contributed by atoms with Gasteiger partial charge < -0.3 is 14.8 Å². The molecule has 1 heterocycles. The lowest BCUT2D eigenvalue weighted by Gasteiger charge is -2.09. The van der Waals surface area contributed by atoms with Gasteiger partial charge in [0.25, 0.3) is 0 Å². The van der Waals surface area contributed by atoms with Gasteiger partial charge in [0, 0.05) is 33.0 Å². The Hall–Kier alpha value is -0.120. The second kappa shape index (κ2) is 8.21. The molecule has 0 bridgehead atoms. The molecule has 1 aliphatic rings. The van der Waals surface area contributed by atoms with Crippen LogP contribution in [-0.2, 0) is 9.47 Å². The van der Waals surface area contributed by atoms with E-state index in [2.05, 4.69) is 5.32 Å². The zero-order valence-electron chi connectivity index (χ0n) is 9.26. The summed E-state index contributed by atoms with van der Waals surface area (Å²) in [6, 6.07) is 0.762. The molecule has 1 unspecified atom stereocenters. The van der Waals surface area contributed by atoms with E-state index < -0.39 is 0 Å². The van der Waals surface area contributed by atoms with Crippen molar-refractivity contribution in [2.24, 2.45) is 0 Å². The minimum absolute atomic E-state index is 0.762. The highest BCUT2D eigenvalue weighted by atomic mass is 16.5. The Morgan fingerprint density at radius 3 is 2.79 bits per heavy atom. The lowest BCUT2D eigenvalue weighted by Crippen LogP contribution is -2.21. The zero-order chi connectivity index (χ0) is 10.1. The normalized spacial score (nSPS) is 21.6. The molecule has 0 aromatic carbocycles. The molecule has 3 heteroatoms. The SMILES string of the molecule is COCCCOCCCC1CCCN1. The predicted molar refractivity (Wildman–Crippen MR) is 57.6 cm³/mol. The van der Waals surface area contributed by atoms with E-state index in [1.54, 1.807) is 7.11 Å². The average Bonchev–Trinajstić information content (AvgIpc) is 2.69. The van der Waals surface area contributed by atoms with E-state index >= 15 is 0 Å². The van der Waals surface area contributed by atoms with Gasteiger partial charge in [0.2, 0.25) is 0 Å². The van der Waals surface area contributed by atoms with Crippen molar-refractivity contribution in [1.82, 2.24) is 5.32 Å². The van der Waals surface area contributed by atoms with Crippen LogP contribution in [0.1, 0.15) is 32.1 Å². The van der Waals surface area contributed by atoms with Crippen LogP contribution in [0.4, 0.5) is 0 Å². The molecule has 1 fully saturated rings. The molecule has 1 atom stereocenters. The number of methoxy groups -OCH3 is 1. The summed E-state index contributed by atoms with van der Waals surface area (Å²) < 4.78 is 10.4. The Morgan fingerprint density at radius 2 is 2.07 bits per heavy atom. The van der Waals surface area contributed by atoms with Crippen molar-refractivity contribution in [2.75, 3.05) is 33.5 Å². The summed E-state index contributed by atoms with van der Waals surface area (Å²) in [4.78, 5) is 0. The van der Waals surface area contributed by atoms with Crippen molar-refractivity contribution < 1.29 is 9.47 Å². The molecule has 1 rings (SSSR count). The quantitative estimate of drug-likeness (QED) is 0.605. The molecule has 1 saturated heterocycles. The first-order valence-electron chi connectivity index (χ1n) is 5.73. The van der Waals surface area contributed by atoms with Crippen molar-refractivity contribution in [2.45, 2.75) is 38.1 Å². The van der Waals surface area contributed by atoms with Gasteiger partial charge in [-0.15, -0.1) is 0 Å². The van der Waals surface area contributed by atoms with Crippen LogP contribution in [-0.4, -0.2) is 39.5 Å². The molecule has 0 spiro atoms. The largest absolute Gasteiger partial charge is 0.385 e. The average molecular weight is 201 g/mol. The van der Waals surface area contributed by atoms with E-state index in [9.17, 15) is 0 Å². The van der Waals surface area contributed by atoms with E-state index in [-0.39, 0.29) is 0 Å². The fourth-order valence-electron chi connectivity index (χ4n) is 1.84. The monoisotopic (exact) mass is 201 g/mol. The zero-order valence-corrected chi connectivity index (χ0v) is 9.26. The molecule has 0 aromatic heterocycles. The molecule has 14 heavy (non-hydrogen) atoms. The van der Waals surface area contributed by atoms with Gasteiger partial charge in [-0.1, -0.05) is 0 Å². The van der Waals surface area contributed by atoms with Crippen molar-refractivity contribution in [3.05, 3.63) is 0 Å². The van der Waals surface area contributed by atoms with Crippen LogP contribution in [0.25, 0.3) is 0 Å². The van der Waals surface area contributed by atoms with Gasteiger partial charge >= 0.3 is 0 Å². The third-order valence-corrected chi connectivity index (χ3v) is 2.64. The summed E-state index contributed by atoms with van der Waals surface area (Å²) in [7, 11) is 1.73. The second-order valence-corrected chi connectivity index (χ2v) is 3.89. The van der Waals surface area contributed by atoms with Gasteiger partial charge in [-0.25, -0.2) is 0 Å². The molecule has 0 aliphatic carbocycles. The second-order valence-electron chi connectivity index (χ2n) is 3.89. The Kier molecular flexibility index (Phi) is 7.01. The van der Waals surface area contributed by atoms with Gasteiger partial charge in [-0.3, -0.25) is 0 Å². The van der Waals surface area contributed by atoms with E-state index in [0.29, 0.717) is 0 Å². The van der Waals surface area contributed by atoms with E-state index in [1.165, 1.54) is 32.2 Å². The standard InChI is InChI=1S/C11H23NO2/c1-13-8-4-10-14-9-3-6-11-5-2-7-12-11/h11-12H,2-10H2,1H3. The topological polar surface area (TPSA) is 30.5 Å². The van der Waals surface area contributed by atoms with E-state index in [0.717, 1.165) is 32.3 Å². The summed E-state index contributed by atoms with van der Waals surface area (Å²) in [6.45, 7) is 3.76. The van der Waals surface area contributed by atoms with Gasteiger partial charge in [-0.2, -0.15) is 0 Å². The van der Waals surface area contributed by atoms with Crippen LogP contribution in [0.15, 0.2) is 0 Å². The van der Waals surface area contributed by atoms with Gasteiger partial charge in [0.05, 0.1) is 0 Å². The van der Waals surface area contributed by atoms with Crippen LogP contribution < -0.4 is 5.32 Å². The number of ether oxygens (including phenoxy) is 2. The Bertz CT molecular complexity index is 124. The molecular weight excluding hydrogens is 178 g/mol. The minimum Gasteiger partial charge on any atom is -0.385 e. The predicted octanol–water partition coefficient (Wildman–Crippen LogP) is 1.57. The maximum atomic E-state index is 5.49. The van der Waals surface area contributed by atoms with Gasteiger partial charge in [0.15, 0.2) is 0 Å². The molecule has 0 saturated carbocycles. The number of nitrogens with one attached hydrogen (secondary N) is 1. The van der Waals surface area contributed by atoms with E-state index in [1.807, 2.05) is 0 Å². The molecule has 0 amide bonds. The van der Waals surface area contributed by atoms with Crippen LogP contribution in [0, 0.1) is 0 Å². The van der Waals surface area contributed by atoms with Crippen molar-refractivity contribution >= 4 is 0 Å². The Labute approximate surface area is 87.2 Å². The molecule has 84 valence electrons. The first kappa shape index (κ1) is 12.0. The number of rotatable bonds is 8. The smallest absolute Gasteiger partial charge is 0.0487 e. The summed E-state index contributed by atoms with van der Waals surface area (Å²) in [5.74, 6) is 0. The highest BCUT2D eigenvalue weighted by Crippen LogP contribution is 2.10. The van der Waals surface area contributed by atoms with Gasteiger partial charge in [0.1, 0.15) is 0 Å². The summed E-state index contributed by atoms with van der Waals surface area (Å²) in [5, 5.41) is 3.49. The molecule has 1 N–H and O–H groups in total. The van der Waals surface area contributed by atoms with E-state index in [4.69, 9.17) is 9.47 Å². The molecule has 3 nitrogen and oxygen atoms in total. The molecular formula is C11H23NO2. The Morgan fingerprint density at radius 1 is 1.21 bits per heavy atom. The van der Waals surface area contributed by atoms with Crippen molar-refractivity contribution in [1.29, 1.82) is 0 Å². The van der Waals surface area contributed by atoms with Crippen LogP contribution in [0.3, 0.4) is 0 Å². The first-order chi connectivity index (χ1) is 6.93. The summed E-state index contributed by atoms with van der Waals surface area (Å²) >= 11 is 0. The third-order valence-electron chi connectivity index (χ3n) is 2.64. The molecule has 0 radical (unpaired) electrons. The molecule has 0 aromatic rings. The van der Waals surface area contributed by atoms with Crippen LogP contribution >= 0.6 is 0 Å². The lowest BCUT2D eigenvalue weighted by atomic mass is 10.1. The highest BCUT2D eigenvalue weighted by molar-refractivity contribution is 4.73. The highest BCUT2D eigenvalue weighted by Gasteiger charge is 2.12. The first-order valence-corrected chi connectivity index (χ1v) is 5.73.